The Labute approximate surface area is 130 Å². The van der Waals surface area contributed by atoms with Crippen molar-refractivity contribution < 1.29 is 14.2 Å². The van der Waals surface area contributed by atoms with E-state index in [1.807, 2.05) is 30.0 Å². The van der Waals surface area contributed by atoms with Gasteiger partial charge in [-0.25, -0.2) is 0 Å². The van der Waals surface area contributed by atoms with Crippen molar-refractivity contribution in [3.8, 4) is 11.5 Å². The summed E-state index contributed by atoms with van der Waals surface area (Å²) < 4.78 is 16.7. The van der Waals surface area contributed by atoms with Gasteiger partial charge in [0.15, 0.2) is 0 Å². The van der Waals surface area contributed by atoms with Crippen LogP contribution >= 0.6 is 11.8 Å². The summed E-state index contributed by atoms with van der Waals surface area (Å²) in [6, 6.07) is 6.39. The van der Waals surface area contributed by atoms with Crippen molar-refractivity contribution in [1.29, 1.82) is 0 Å². The number of methoxy groups -OCH3 is 2. The molecule has 5 heteroatoms. The average Bonchev–Trinajstić information content (AvgIpc) is 2.94. The van der Waals surface area contributed by atoms with Gasteiger partial charge in [-0.15, -0.1) is 0 Å². The molecule has 0 radical (unpaired) electrons. The summed E-state index contributed by atoms with van der Waals surface area (Å²) in [5.41, 5.74) is 1.16. The number of hydrogen-bond acceptors (Lipinski definition) is 5. The van der Waals surface area contributed by atoms with Gasteiger partial charge >= 0.3 is 0 Å². The first-order chi connectivity index (χ1) is 10.2. The molecular formula is C16H23NO3S. The number of anilines is 1. The van der Waals surface area contributed by atoms with Gasteiger partial charge in [-0.2, -0.15) is 11.8 Å². The lowest BCUT2D eigenvalue weighted by Gasteiger charge is -2.38. The zero-order valence-corrected chi connectivity index (χ0v) is 13.5. The lowest BCUT2D eigenvalue weighted by molar-refractivity contribution is -0.0628. The molecule has 0 amide bonds. The van der Waals surface area contributed by atoms with Crippen LogP contribution in [0.5, 0.6) is 11.5 Å². The summed E-state index contributed by atoms with van der Waals surface area (Å²) in [5, 5.41) is 3.63. The van der Waals surface area contributed by atoms with E-state index in [4.69, 9.17) is 14.2 Å². The molecule has 1 N–H and O–H groups in total. The van der Waals surface area contributed by atoms with E-state index in [1.54, 1.807) is 14.2 Å². The predicted octanol–water partition coefficient (Wildman–Crippen LogP) is 3.17. The number of benzene rings is 1. The molecule has 21 heavy (non-hydrogen) atoms. The maximum absolute atomic E-state index is 6.07. The van der Waals surface area contributed by atoms with Crippen LogP contribution < -0.4 is 14.8 Å². The highest BCUT2D eigenvalue weighted by Crippen LogP contribution is 2.39. The topological polar surface area (TPSA) is 39.7 Å². The van der Waals surface area contributed by atoms with E-state index in [1.165, 1.54) is 12.2 Å². The summed E-state index contributed by atoms with van der Waals surface area (Å²) in [7, 11) is 3.36. The Morgan fingerprint density at radius 1 is 1.24 bits per heavy atom. The third-order valence-corrected chi connectivity index (χ3v) is 5.51. The molecule has 2 atom stereocenters. The Hall–Kier alpha value is -1.07. The van der Waals surface area contributed by atoms with Gasteiger partial charge in [-0.3, -0.25) is 0 Å². The van der Waals surface area contributed by atoms with Crippen LogP contribution in [0.15, 0.2) is 18.2 Å². The quantitative estimate of drug-likeness (QED) is 0.925. The molecule has 0 aliphatic carbocycles. The van der Waals surface area contributed by atoms with E-state index in [0.29, 0.717) is 6.04 Å². The second-order valence-corrected chi connectivity index (χ2v) is 6.87. The highest BCUT2D eigenvalue weighted by Gasteiger charge is 2.40. The molecule has 0 saturated carbocycles. The third kappa shape index (κ3) is 3.40. The van der Waals surface area contributed by atoms with Crippen molar-refractivity contribution in [2.24, 2.45) is 0 Å². The fourth-order valence-electron chi connectivity index (χ4n) is 3.14. The van der Waals surface area contributed by atoms with Crippen LogP contribution in [0.4, 0.5) is 5.69 Å². The van der Waals surface area contributed by atoms with E-state index < -0.39 is 0 Å². The van der Waals surface area contributed by atoms with Crippen molar-refractivity contribution in [3.63, 3.8) is 0 Å². The first kappa shape index (κ1) is 14.9. The molecule has 2 saturated heterocycles. The molecule has 2 aliphatic heterocycles. The molecule has 4 nitrogen and oxygen atoms in total. The number of nitrogens with one attached hydrogen (secondary N) is 1. The molecule has 0 bridgehead atoms. The molecule has 1 aromatic rings. The van der Waals surface area contributed by atoms with Crippen molar-refractivity contribution in [1.82, 2.24) is 0 Å². The fourth-order valence-corrected chi connectivity index (χ4v) is 4.52. The number of thioether (sulfide) groups is 1. The Morgan fingerprint density at radius 3 is 2.62 bits per heavy atom. The maximum Gasteiger partial charge on any atom is 0.124 e. The molecule has 2 heterocycles. The van der Waals surface area contributed by atoms with Crippen LogP contribution in [0.1, 0.15) is 19.3 Å². The lowest BCUT2D eigenvalue weighted by atomic mass is 9.90. The van der Waals surface area contributed by atoms with Crippen LogP contribution in [0.3, 0.4) is 0 Å². The van der Waals surface area contributed by atoms with Gasteiger partial charge in [-0.1, -0.05) is 0 Å². The zero-order valence-electron chi connectivity index (χ0n) is 12.7. The number of hydrogen-bond donors (Lipinski definition) is 1. The van der Waals surface area contributed by atoms with Gasteiger partial charge in [0.2, 0.25) is 0 Å². The second-order valence-electron chi connectivity index (χ2n) is 5.77. The minimum atomic E-state index is 0.101. The molecule has 1 aromatic carbocycles. The number of rotatable bonds is 4. The first-order valence-corrected chi connectivity index (χ1v) is 8.60. The minimum Gasteiger partial charge on any atom is -0.497 e. The molecule has 0 aromatic heterocycles. The van der Waals surface area contributed by atoms with Crippen LogP contribution in [0.25, 0.3) is 0 Å². The summed E-state index contributed by atoms with van der Waals surface area (Å²) in [4.78, 5) is 0. The lowest BCUT2D eigenvalue weighted by Crippen LogP contribution is -2.44. The van der Waals surface area contributed by atoms with Crippen LogP contribution in [-0.4, -0.2) is 44.0 Å². The van der Waals surface area contributed by atoms with Crippen molar-refractivity contribution in [3.05, 3.63) is 18.2 Å². The summed E-state index contributed by atoms with van der Waals surface area (Å²) in [6.45, 7) is 0.847. The Morgan fingerprint density at radius 2 is 2.00 bits per heavy atom. The van der Waals surface area contributed by atoms with E-state index in [-0.39, 0.29) is 5.60 Å². The molecule has 3 rings (SSSR count). The summed E-state index contributed by atoms with van der Waals surface area (Å²) in [5.74, 6) is 3.98. The van der Waals surface area contributed by atoms with E-state index in [0.717, 1.165) is 42.4 Å². The van der Waals surface area contributed by atoms with Gasteiger partial charge < -0.3 is 19.5 Å². The van der Waals surface area contributed by atoms with E-state index >= 15 is 0 Å². The van der Waals surface area contributed by atoms with Gasteiger partial charge in [0, 0.05) is 42.3 Å². The standard InChI is InChI=1S/C16H23NO3S/c1-18-14-7-13(8-15(9-14)19-2)17-12-3-5-20-16(10-12)4-6-21-11-16/h7-9,12,17H,3-6,10-11H2,1-2H3. The third-order valence-electron chi connectivity index (χ3n) is 4.28. The Balaban J connectivity index is 1.70. The first-order valence-electron chi connectivity index (χ1n) is 7.44. The largest absolute Gasteiger partial charge is 0.497 e. The van der Waals surface area contributed by atoms with E-state index in [9.17, 15) is 0 Å². The monoisotopic (exact) mass is 309 g/mol. The molecular weight excluding hydrogens is 286 g/mol. The van der Waals surface area contributed by atoms with Gasteiger partial charge in [0.25, 0.3) is 0 Å². The highest BCUT2D eigenvalue weighted by atomic mass is 32.2. The number of ether oxygens (including phenoxy) is 3. The highest BCUT2D eigenvalue weighted by molar-refractivity contribution is 7.99. The van der Waals surface area contributed by atoms with Crippen molar-refractivity contribution in [2.45, 2.75) is 30.9 Å². The summed E-state index contributed by atoms with van der Waals surface area (Å²) in [6.07, 6.45) is 3.31. The zero-order chi connectivity index (χ0) is 14.7. The Bertz CT molecular complexity index is 466. The van der Waals surface area contributed by atoms with Gasteiger partial charge in [0.1, 0.15) is 11.5 Å². The smallest absolute Gasteiger partial charge is 0.124 e. The van der Waals surface area contributed by atoms with Crippen LogP contribution in [-0.2, 0) is 4.74 Å². The van der Waals surface area contributed by atoms with Gasteiger partial charge in [-0.05, 0) is 25.0 Å². The predicted molar refractivity (Wildman–Crippen MR) is 86.8 cm³/mol. The van der Waals surface area contributed by atoms with Crippen LogP contribution in [0.2, 0.25) is 0 Å². The van der Waals surface area contributed by atoms with E-state index in [2.05, 4.69) is 5.32 Å². The normalized spacial score (nSPS) is 28.6. The second kappa shape index (κ2) is 6.36. The molecule has 1 spiro atoms. The average molecular weight is 309 g/mol. The van der Waals surface area contributed by atoms with Gasteiger partial charge in [0.05, 0.1) is 19.8 Å². The minimum absolute atomic E-state index is 0.101. The van der Waals surface area contributed by atoms with Crippen LogP contribution in [0, 0.1) is 0 Å². The molecule has 2 aliphatic rings. The Kier molecular flexibility index (Phi) is 4.50. The molecule has 116 valence electrons. The molecule has 2 unspecified atom stereocenters. The molecule has 2 fully saturated rings. The SMILES string of the molecule is COc1cc(NC2CCOC3(CCSC3)C2)cc(OC)c1. The van der Waals surface area contributed by atoms with Crippen molar-refractivity contribution >= 4 is 17.4 Å². The maximum atomic E-state index is 6.07. The van der Waals surface area contributed by atoms with Crippen molar-refractivity contribution in [2.75, 3.05) is 37.6 Å². The fraction of sp³-hybridized carbons (Fsp3) is 0.625. The summed E-state index contributed by atoms with van der Waals surface area (Å²) >= 11 is 2.01.